The molecule has 0 saturated heterocycles. The van der Waals surface area contributed by atoms with E-state index in [4.69, 9.17) is 9.84 Å². The van der Waals surface area contributed by atoms with Crippen molar-refractivity contribution in [3.05, 3.63) is 18.3 Å². The monoisotopic (exact) mass is 196 g/mol. The maximum absolute atomic E-state index is 8.58. The molecular weight excluding hydrogens is 180 g/mol. The van der Waals surface area contributed by atoms with Crippen LogP contribution in [-0.2, 0) is 0 Å². The van der Waals surface area contributed by atoms with Gasteiger partial charge in [-0.25, -0.2) is 4.98 Å². The molecule has 14 heavy (non-hydrogen) atoms. The summed E-state index contributed by atoms with van der Waals surface area (Å²) in [6, 6.07) is 3.60. The van der Waals surface area contributed by atoms with Crippen molar-refractivity contribution in [2.24, 2.45) is 0 Å². The smallest absolute Gasteiger partial charge is 0.129 e. The van der Waals surface area contributed by atoms with E-state index in [0.717, 1.165) is 24.5 Å². The van der Waals surface area contributed by atoms with E-state index in [9.17, 15) is 0 Å². The minimum Gasteiger partial charge on any atom is -0.491 e. The Morgan fingerprint density at radius 3 is 3.14 bits per heavy atom. The van der Waals surface area contributed by atoms with Gasteiger partial charge in [0.1, 0.15) is 18.2 Å². The molecule has 1 aromatic heterocycles. The standard InChI is InChI=1S/C10H16N2O2/c1-2-4-11-10-8-9(3-5-12-10)14-7-6-13/h3,5,8,13H,2,4,6-7H2,1H3,(H,11,12). The zero-order valence-electron chi connectivity index (χ0n) is 8.36. The minimum atomic E-state index is 0.0278. The van der Waals surface area contributed by atoms with Gasteiger partial charge in [-0.15, -0.1) is 0 Å². The number of pyridine rings is 1. The van der Waals surface area contributed by atoms with Crippen LogP contribution in [0, 0.1) is 0 Å². The molecule has 78 valence electrons. The lowest BCUT2D eigenvalue weighted by molar-refractivity contribution is 0.201. The van der Waals surface area contributed by atoms with E-state index in [1.54, 1.807) is 12.3 Å². The van der Waals surface area contributed by atoms with Gasteiger partial charge in [-0.1, -0.05) is 6.92 Å². The molecule has 0 fully saturated rings. The number of aromatic nitrogens is 1. The fourth-order valence-corrected chi connectivity index (χ4v) is 1.01. The average Bonchev–Trinajstić information content (AvgIpc) is 2.24. The van der Waals surface area contributed by atoms with Crippen LogP contribution < -0.4 is 10.1 Å². The van der Waals surface area contributed by atoms with E-state index < -0.39 is 0 Å². The third-order valence-corrected chi connectivity index (χ3v) is 1.65. The van der Waals surface area contributed by atoms with Gasteiger partial charge < -0.3 is 15.2 Å². The Labute approximate surface area is 83.9 Å². The van der Waals surface area contributed by atoms with Crippen molar-refractivity contribution in [1.29, 1.82) is 0 Å². The Balaban J connectivity index is 2.50. The highest BCUT2D eigenvalue weighted by molar-refractivity contribution is 5.40. The normalized spacial score (nSPS) is 9.86. The van der Waals surface area contributed by atoms with Crippen LogP contribution >= 0.6 is 0 Å². The van der Waals surface area contributed by atoms with Gasteiger partial charge >= 0.3 is 0 Å². The predicted octanol–water partition coefficient (Wildman–Crippen LogP) is 1.27. The van der Waals surface area contributed by atoms with Gasteiger partial charge in [-0.05, 0) is 12.5 Å². The molecule has 1 aromatic rings. The summed E-state index contributed by atoms with van der Waals surface area (Å²) < 4.78 is 5.25. The minimum absolute atomic E-state index is 0.0278. The molecule has 0 bridgehead atoms. The van der Waals surface area contributed by atoms with E-state index in [1.807, 2.05) is 6.07 Å². The summed E-state index contributed by atoms with van der Waals surface area (Å²) in [5, 5.41) is 11.7. The van der Waals surface area contributed by atoms with E-state index in [-0.39, 0.29) is 6.61 Å². The maximum Gasteiger partial charge on any atom is 0.129 e. The van der Waals surface area contributed by atoms with E-state index in [2.05, 4.69) is 17.2 Å². The van der Waals surface area contributed by atoms with Gasteiger partial charge in [0, 0.05) is 18.8 Å². The molecule has 0 aliphatic rings. The quantitative estimate of drug-likeness (QED) is 0.719. The van der Waals surface area contributed by atoms with E-state index in [0.29, 0.717) is 6.61 Å². The maximum atomic E-state index is 8.58. The molecule has 0 aromatic carbocycles. The molecule has 0 aliphatic heterocycles. The Bertz CT molecular complexity index is 243. The van der Waals surface area contributed by atoms with Crippen LogP contribution in [0.1, 0.15) is 13.3 Å². The van der Waals surface area contributed by atoms with Crippen LogP contribution in [0.15, 0.2) is 18.3 Å². The first-order valence-electron chi connectivity index (χ1n) is 4.80. The van der Waals surface area contributed by atoms with Crippen molar-refractivity contribution in [3.8, 4) is 5.75 Å². The average molecular weight is 196 g/mol. The second-order valence-electron chi connectivity index (χ2n) is 2.88. The van der Waals surface area contributed by atoms with Crippen molar-refractivity contribution in [2.45, 2.75) is 13.3 Å². The summed E-state index contributed by atoms with van der Waals surface area (Å²) in [7, 11) is 0. The van der Waals surface area contributed by atoms with Crippen LogP contribution in [0.3, 0.4) is 0 Å². The van der Waals surface area contributed by atoms with Crippen molar-refractivity contribution >= 4 is 5.82 Å². The summed E-state index contributed by atoms with van der Waals surface area (Å²) in [6.45, 7) is 3.34. The Hall–Kier alpha value is -1.29. The first-order valence-corrected chi connectivity index (χ1v) is 4.80. The molecule has 1 heterocycles. The van der Waals surface area contributed by atoms with Crippen molar-refractivity contribution in [2.75, 3.05) is 25.1 Å². The summed E-state index contributed by atoms with van der Waals surface area (Å²) in [6.07, 6.45) is 2.74. The van der Waals surface area contributed by atoms with Crippen LogP contribution in [-0.4, -0.2) is 29.8 Å². The van der Waals surface area contributed by atoms with Gasteiger partial charge in [-0.3, -0.25) is 0 Å². The molecule has 4 heteroatoms. The third kappa shape index (κ3) is 3.62. The van der Waals surface area contributed by atoms with Gasteiger partial charge in [0.25, 0.3) is 0 Å². The number of aliphatic hydroxyl groups excluding tert-OH is 1. The van der Waals surface area contributed by atoms with Crippen LogP contribution in [0.2, 0.25) is 0 Å². The number of ether oxygens (including phenoxy) is 1. The molecular formula is C10H16N2O2. The number of rotatable bonds is 6. The first kappa shape index (κ1) is 10.8. The second-order valence-corrected chi connectivity index (χ2v) is 2.88. The topological polar surface area (TPSA) is 54.4 Å². The highest BCUT2D eigenvalue weighted by Crippen LogP contribution is 2.13. The molecule has 0 amide bonds. The third-order valence-electron chi connectivity index (χ3n) is 1.65. The Morgan fingerprint density at radius 2 is 2.43 bits per heavy atom. The van der Waals surface area contributed by atoms with Crippen molar-refractivity contribution < 1.29 is 9.84 Å². The summed E-state index contributed by atoms with van der Waals surface area (Å²) in [4.78, 5) is 4.13. The molecule has 0 spiro atoms. The molecule has 0 aliphatic carbocycles. The fraction of sp³-hybridized carbons (Fsp3) is 0.500. The number of nitrogens with zero attached hydrogens (tertiary/aromatic N) is 1. The molecule has 0 atom stereocenters. The lowest BCUT2D eigenvalue weighted by atomic mass is 10.4. The SMILES string of the molecule is CCCNc1cc(OCCO)ccn1. The first-order chi connectivity index (χ1) is 6.86. The summed E-state index contributed by atoms with van der Waals surface area (Å²) in [5.74, 6) is 1.54. The second kappa shape index (κ2) is 6.21. The highest BCUT2D eigenvalue weighted by atomic mass is 16.5. The summed E-state index contributed by atoms with van der Waals surface area (Å²) >= 11 is 0. The Morgan fingerprint density at radius 1 is 1.57 bits per heavy atom. The number of anilines is 1. The zero-order chi connectivity index (χ0) is 10.2. The number of hydrogen-bond acceptors (Lipinski definition) is 4. The zero-order valence-corrected chi connectivity index (χ0v) is 8.36. The number of aliphatic hydroxyl groups is 1. The van der Waals surface area contributed by atoms with Crippen LogP contribution in [0.25, 0.3) is 0 Å². The molecule has 0 unspecified atom stereocenters. The molecule has 2 N–H and O–H groups in total. The highest BCUT2D eigenvalue weighted by Gasteiger charge is 1.96. The molecule has 0 saturated carbocycles. The van der Waals surface area contributed by atoms with Crippen molar-refractivity contribution in [3.63, 3.8) is 0 Å². The predicted molar refractivity (Wildman–Crippen MR) is 55.6 cm³/mol. The van der Waals surface area contributed by atoms with Gasteiger partial charge in [0.15, 0.2) is 0 Å². The summed E-state index contributed by atoms with van der Waals surface area (Å²) in [5.41, 5.74) is 0. The van der Waals surface area contributed by atoms with Crippen LogP contribution in [0.4, 0.5) is 5.82 Å². The number of nitrogens with one attached hydrogen (secondary N) is 1. The lowest BCUT2D eigenvalue weighted by Gasteiger charge is -2.07. The molecule has 0 radical (unpaired) electrons. The van der Waals surface area contributed by atoms with Crippen LogP contribution in [0.5, 0.6) is 5.75 Å². The van der Waals surface area contributed by atoms with E-state index in [1.165, 1.54) is 0 Å². The molecule has 1 rings (SSSR count). The van der Waals surface area contributed by atoms with Gasteiger partial charge in [0.2, 0.25) is 0 Å². The number of hydrogen-bond donors (Lipinski definition) is 2. The van der Waals surface area contributed by atoms with Crippen molar-refractivity contribution in [1.82, 2.24) is 4.98 Å². The Kier molecular flexibility index (Phi) is 4.78. The largest absolute Gasteiger partial charge is 0.491 e. The lowest BCUT2D eigenvalue weighted by Crippen LogP contribution is -2.04. The van der Waals surface area contributed by atoms with E-state index >= 15 is 0 Å². The van der Waals surface area contributed by atoms with Gasteiger partial charge in [0.05, 0.1) is 6.61 Å². The molecule has 4 nitrogen and oxygen atoms in total. The fourth-order valence-electron chi connectivity index (χ4n) is 1.01. The van der Waals surface area contributed by atoms with Gasteiger partial charge in [-0.2, -0.15) is 0 Å².